The second-order valence-electron chi connectivity index (χ2n) is 4.32. The normalized spacial score (nSPS) is 10.8. The highest BCUT2D eigenvalue weighted by Gasteiger charge is 2.02. The average Bonchev–Trinajstić information content (AvgIpc) is 2.28. The molecule has 0 bridgehead atoms. The SMILES string of the molecule is CC(C)OCCN(C)Cc1ccnc(C#N)c1. The van der Waals surface area contributed by atoms with Crippen LogP contribution in [0.4, 0.5) is 0 Å². The summed E-state index contributed by atoms with van der Waals surface area (Å²) >= 11 is 0. The largest absolute Gasteiger partial charge is 0.377 e. The van der Waals surface area contributed by atoms with Gasteiger partial charge < -0.3 is 4.74 Å². The Labute approximate surface area is 103 Å². The van der Waals surface area contributed by atoms with E-state index in [0.29, 0.717) is 5.69 Å². The summed E-state index contributed by atoms with van der Waals surface area (Å²) in [6.45, 7) is 6.47. The van der Waals surface area contributed by atoms with Crippen LogP contribution in [-0.4, -0.2) is 36.2 Å². The fourth-order valence-electron chi connectivity index (χ4n) is 1.47. The predicted molar refractivity (Wildman–Crippen MR) is 66.4 cm³/mol. The number of pyridine rings is 1. The van der Waals surface area contributed by atoms with E-state index >= 15 is 0 Å². The van der Waals surface area contributed by atoms with Crippen molar-refractivity contribution in [1.29, 1.82) is 5.26 Å². The first-order chi connectivity index (χ1) is 8.11. The Hall–Kier alpha value is -1.44. The second kappa shape index (κ2) is 7.00. The summed E-state index contributed by atoms with van der Waals surface area (Å²) in [5.74, 6) is 0. The summed E-state index contributed by atoms with van der Waals surface area (Å²) in [6, 6.07) is 5.79. The maximum Gasteiger partial charge on any atom is 0.140 e. The average molecular weight is 233 g/mol. The van der Waals surface area contributed by atoms with Gasteiger partial charge in [0.15, 0.2) is 0 Å². The lowest BCUT2D eigenvalue weighted by molar-refractivity contribution is 0.0627. The molecule has 0 spiro atoms. The van der Waals surface area contributed by atoms with Gasteiger partial charge in [0, 0.05) is 19.3 Å². The van der Waals surface area contributed by atoms with E-state index in [2.05, 4.69) is 9.88 Å². The van der Waals surface area contributed by atoms with Crippen molar-refractivity contribution in [3.05, 3.63) is 29.6 Å². The monoisotopic (exact) mass is 233 g/mol. The molecule has 0 amide bonds. The first kappa shape index (κ1) is 13.6. The molecule has 0 N–H and O–H groups in total. The molecule has 0 radical (unpaired) electrons. The Balaban J connectivity index is 2.39. The van der Waals surface area contributed by atoms with Gasteiger partial charge >= 0.3 is 0 Å². The molecule has 4 nitrogen and oxygen atoms in total. The van der Waals surface area contributed by atoms with Crippen LogP contribution in [0.3, 0.4) is 0 Å². The molecule has 0 aliphatic heterocycles. The van der Waals surface area contributed by atoms with Crippen LogP contribution in [0.1, 0.15) is 25.1 Å². The third-order valence-electron chi connectivity index (χ3n) is 2.32. The van der Waals surface area contributed by atoms with Crippen molar-refractivity contribution in [2.45, 2.75) is 26.5 Å². The minimum atomic E-state index is 0.273. The second-order valence-corrected chi connectivity index (χ2v) is 4.32. The standard InChI is InChI=1S/C13H19N3O/c1-11(2)17-7-6-16(3)10-12-4-5-15-13(8-12)9-14/h4-5,8,11H,6-7,10H2,1-3H3. The fraction of sp³-hybridized carbons (Fsp3) is 0.538. The fourth-order valence-corrected chi connectivity index (χ4v) is 1.47. The summed E-state index contributed by atoms with van der Waals surface area (Å²) in [4.78, 5) is 6.11. The van der Waals surface area contributed by atoms with Crippen molar-refractivity contribution in [3.8, 4) is 6.07 Å². The van der Waals surface area contributed by atoms with Crippen LogP contribution in [0.25, 0.3) is 0 Å². The van der Waals surface area contributed by atoms with Crippen LogP contribution in [0.5, 0.6) is 0 Å². The van der Waals surface area contributed by atoms with Gasteiger partial charge in [-0.25, -0.2) is 4.98 Å². The zero-order valence-electron chi connectivity index (χ0n) is 10.7. The van der Waals surface area contributed by atoms with Crippen molar-refractivity contribution in [2.75, 3.05) is 20.2 Å². The van der Waals surface area contributed by atoms with Crippen LogP contribution in [0, 0.1) is 11.3 Å². The Morgan fingerprint density at radius 1 is 1.53 bits per heavy atom. The Morgan fingerprint density at radius 3 is 2.94 bits per heavy atom. The Bertz CT molecular complexity index is 384. The van der Waals surface area contributed by atoms with Crippen LogP contribution in [-0.2, 0) is 11.3 Å². The topological polar surface area (TPSA) is 49.1 Å². The molecule has 1 aromatic rings. The van der Waals surface area contributed by atoms with Gasteiger partial charge in [-0.1, -0.05) is 0 Å². The van der Waals surface area contributed by atoms with E-state index in [0.717, 1.165) is 25.3 Å². The third-order valence-corrected chi connectivity index (χ3v) is 2.32. The number of likely N-dealkylation sites (N-methyl/N-ethyl adjacent to an activating group) is 1. The molecule has 92 valence electrons. The molecule has 17 heavy (non-hydrogen) atoms. The van der Waals surface area contributed by atoms with Crippen molar-refractivity contribution >= 4 is 0 Å². The lowest BCUT2D eigenvalue weighted by Crippen LogP contribution is -2.24. The number of nitriles is 1. The maximum atomic E-state index is 8.75. The van der Waals surface area contributed by atoms with Crippen molar-refractivity contribution < 1.29 is 4.74 Å². The third kappa shape index (κ3) is 5.43. The van der Waals surface area contributed by atoms with Gasteiger partial charge in [-0.05, 0) is 38.6 Å². The summed E-state index contributed by atoms with van der Waals surface area (Å²) in [6.07, 6.45) is 1.95. The molecule has 0 saturated heterocycles. The van der Waals surface area contributed by atoms with E-state index in [9.17, 15) is 0 Å². The van der Waals surface area contributed by atoms with E-state index in [4.69, 9.17) is 10.00 Å². The van der Waals surface area contributed by atoms with E-state index in [1.54, 1.807) is 6.20 Å². The zero-order valence-corrected chi connectivity index (χ0v) is 10.7. The maximum absolute atomic E-state index is 8.75. The molecule has 1 heterocycles. The van der Waals surface area contributed by atoms with E-state index in [-0.39, 0.29) is 6.10 Å². The molecule has 1 rings (SSSR count). The molecule has 0 aliphatic carbocycles. The van der Waals surface area contributed by atoms with E-state index < -0.39 is 0 Å². The summed E-state index contributed by atoms with van der Waals surface area (Å²) in [5.41, 5.74) is 1.57. The molecule has 0 atom stereocenters. The van der Waals surface area contributed by atoms with Crippen molar-refractivity contribution in [3.63, 3.8) is 0 Å². The molecule has 4 heteroatoms. The Kier molecular flexibility index (Phi) is 5.61. The van der Waals surface area contributed by atoms with Gasteiger partial charge in [-0.2, -0.15) is 5.26 Å². The van der Waals surface area contributed by atoms with Gasteiger partial charge in [-0.3, -0.25) is 4.90 Å². The number of ether oxygens (including phenoxy) is 1. The quantitative estimate of drug-likeness (QED) is 0.752. The van der Waals surface area contributed by atoms with Gasteiger partial charge in [0.25, 0.3) is 0 Å². The highest BCUT2D eigenvalue weighted by Crippen LogP contribution is 2.04. The molecule has 0 aliphatic rings. The number of hydrogen-bond donors (Lipinski definition) is 0. The minimum Gasteiger partial charge on any atom is -0.377 e. The summed E-state index contributed by atoms with van der Waals surface area (Å²) in [7, 11) is 2.04. The van der Waals surface area contributed by atoms with Gasteiger partial charge in [-0.15, -0.1) is 0 Å². The van der Waals surface area contributed by atoms with Crippen LogP contribution in [0.15, 0.2) is 18.3 Å². The van der Waals surface area contributed by atoms with Crippen molar-refractivity contribution in [1.82, 2.24) is 9.88 Å². The lowest BCUT2D eigenvalue weighted by Gasteiger charge is -2.17. The van der Waals surface area contributed by atoms with E-state index in [1.807, 2.05) is 39.1 Å². The molecule has 1 aromatic heterocycles. The van der Waals surface area contributed by atoms with Crippen LogP contribution < -0.4 is 0 Å². The van der Waals surface area contributed by atoms with E-state index in [1.165, 1.54) is 0 Å². The van der Waals surface area contributed by atoms with Crippen LogP contribution in [0.2, 0.25) is 0 Å². The minimum absolute atomic E-state index is 0.273. The number of hydrogen-bond acceptors (Lipinski definition) is 4. The molecule has 0 aromatic carbocycles. The van der Waals surface area contributed by atoms with Crippen molar-refractivity contribution in [2.24, 2.45) is 0 Å². The van der Waals surface area contributed by atoms with Gasteiger partial charge in [0.05, 0.1) is 12.7 Å². The highest BCUT2D eigenvalue weighted by molar-refractivity contribution is 5.25. The van der Waals surface area contributed by atoms with Crippen LogP contribution >= 0.6 is 0 Å². The zero-order chi connectivity index (χ0) is 12.7. The molecule has 0 fully saturated rings. The number of nitrogens with zero attached hydrogens (tertiary/aromatic N) is 3. The van der Waals surface area contributed by atoms with Gasteiger partial charge in [0.2, 0.25) is 0 Å². The highest BCUT2D eigenvalue weighted by atomic mass is 16.5. The van der Waals surface area contributed by atoms with Gasteiger partial charge in [0.1, 0.15) is 11.8 Å². The lowest BCUT2D eigenvalue weighted by atomic mass is 10.2. The Morgan fingerprint density at radius 2 is 2.29 bits per heavy atom. The first-order valence-electron chi connectivity index (χ1n) is 5.77. The number of rotatable bonds is 6. The predicted octanol–water partition coefficient (Wildman–Crippen LogP) is 1.81. The summed E-state index contributed by atoms with van der Waals surface area (Å²) < 4.78 is 5.49. The molecule has 0 saturated carbocycles. The molecular weight excluding hydrogens is 214 g/mol. The smallest absolute Gasteiger partial charge is 0.140 e. The number of aromatic nitrogens is 1. The molecular formula is C13H19N3O. The first-order valence-corrected chi connectivity index (χ1v) is 5.77. The molecule has 0 unspecified atom stereocenters. The summed E-state index contributed by atoms with van der Waals surface area (Å²) in [5, 5.41) is 8.75.